The number of carbonyl (C=O) groups is 1. The first-order valence-corrected chi connectivity index (χ1v) is 7.55. The van der Waals surface area contributed by atoms with Crippen molar-refractivity contribution >= 4 is 39.3 Å². The molecule has 1 amide bonds. The van der Waals surface area contributed by atoms with Gasteiger partial charge in [-0.2, -0.15) is 11.8 Å². The first-order chi connectivity index (χ1) is 8.04. The van der Waals surface area contributed by atoms with Crippen LogP contribution in [0.2, 0.25) is 0 Å². The van der Waals surface area contributed by atoms with Crippen molar-refractivity contribution in [1.29, 1.82) is 0 Å². The van der Waals surface area contributed by atoms with E-state index >= 15 is 0 Å². The van der Waals surface area contributed by atoms with Crippen molar-refractivity contribution < 1.29 is 4.79 Å². The molecule has 0 saturated carbocycles. The van der Waals surface area contributed by atoms with E-state index in [1.165, 1.54) is 0 Å². The van der Waals surface area contributed by atoms with Crippen molar-refractivity contribution in [3.8, 4) is 0 Å². The minimum Gasteiger partial charge on any atom is -0.324 e. The second kappa shape index (κ2) is 7.03. The number of hydrogen-bond donors (Lipinski definition) is 2. The van der Waals surface area contributed by atoms with Crippen molar-refractivity contribution in [1.82, 2.24) is 0 Å². The summed E-state index contributed by atoms with van der Waals surface area (Å²) < 4.78 is 1.000. The van der Waals surface area contributed by atoms with Crippen LogP contribution in [-0.4, -0.2) is 24.0 Å². The predicted octanol–water partition coefficient (Wildman–Crippen LogP) is 2.78. The highest BCUT2D eigenvalue weighted by Crippen LogP contribution is 2.20. The Morgan fingerprint density at radius 3 is 2.88 bits per heavy atom. The van der Waals surface area contributed by atoms with Crippen LogP contribution < -0.4 is 11.1 Å². The van der Waals surface area contributed by atoms with E-state index in [1.807, 2.05) is 31.4 Å². The molecule has 0 aromatic heterocycles. The summed E-state index contributed by atoms with van der Waals surface area (Å²) in [5.41, 5.74) is 7.63. The van der Waals surface area contributed by atoms with Gasteiger partial charge < -0.3 is 11.1 Å². The van der Waals surface area contributed by atoms with E-state index in [1.54, 1.807) is 11.8 Å². The maximum absolute atomic E-state index is 11.8. The summed E-state index contributed by atoms with van der Waals surface area (Å²) in [6.07, 6.45) is 2.70. The van der Waals surface area contributed by atoms with Crippen LogP contribution in [0.5, 0.6) is 0 Å². The number of rotatable bonds is 5. The number of hydrogen-bond acceptors (Lipinski definition) is 3. The molecule has 1 rings (SSSR count). The lowest BCUT2D eigenvalue weighted by atomic mass is 10.1. The number of anilines is 1. The number of benzene rings is 1. The zero-order chi connectivity index (χ0) is 12.8. The van der Waals surface area contributed by atoms with Gasteiger partial charge in [0.2, 0.25) is 5.91 Å². The zero-order valence-electron chi connectivity index (χ0n) is 10.00. The summed E-state index contributed by atoms with van der Waals surface area (Å²) in [5, 5.41) is 2.85. The average molecular weight is 317 g/mol. The van der Waals surface area contributed by atoms with Crippen molar-refractivity contribution in [3.63, 3.8) is 0 Å². The molecule has 17 heavy (non-hydrogen) atoms. The minimum atomic E-state index is -0.439. The number of aryl methyl sites for hydroxylation is 1. The Labute approximate surface area is 115 Å². The smallest absolute Gasteiger partial charge is 0.241 e. The van der Waals surface area contributed by atoms with Gasteiger partial charge >= 0.3 is 0 Å². The fourth-order valence-corrected chi connectivity index (χ4v) is 2.33. The van der Waals surface area contributed by atoms with E-state index in [0.717, 1.165) is 21.5 Å². The molecule has 1 aromatic carbocycles. The maximum atomic E-state index is 11.8. The molecule has 94 valence electrons. The number of nitrogens with one attached hydrogen (secondary N) is 1. The third kappa shape index (κ3) is 4.69. The van der Waals surface area contributed by atoms with Gasteiger partial charge in [0.15, 0.2) is 0 Å². The molecule has 0 aliphatic heterocycles. The lowest BCUT2D eigenvalue weighted by Crippen LogP contribution is -2.36. The van der Waals surface area contributed by atoms with Gasteiger partial charge in [-0.25, -0.2) is 0 Å². The fourth-order valence-electron chi connectivity index (χ4n) is 1.37. The van der Waals surface area contributed by atoms with Crippen LogP contribution in [0.1, 0.15) is 12.0 Å². The standard InChI is InChI=1S/C12H17BrN2OS/c1-8-7-9(13)3-4-11(8)15-12(16)10(14)5-6-17-2/h3-4,7,10H,5-6,14H2,1-2H3,(H,15,16)/t10-/m1/s1. The summed E-state index contributed by atoms with van der Waals surface area (Å²) in [6.45, 7) is 1.95. The summed E-state index contributed by atoms with van der Waals surface area (Å²) in [6, 6.07) is 5.29. The van der Waals surface area contributed by atoms with Gasteiger partial charge in [0.05, 0.1) is 6.04 Å². The molecule has 0 aliphatic carbocycles. The molecule has 3 nitrogen and oxygen atoms in total. The first kappa shape index (κ1) is 14.5. The largest absolute Gasteiger partial charge is 0.324 e. The van der Waals surface area contributed by atoms with Gasteiger partial charge in [0.25, 0.3) is 0 Å². The zero-order valence-corrected chi connectivity index (χ0v) is 12.4. The monoisotopic (exact) mass is 316 g/mol. The normalized spacial score (nSPS) is 12.2. The Bertz CT molecular complexity index is 398. The van der Waals surface area contributed by atoms with Crippen LogP contribution in [0.15, 0.2) is 22.7 Å². The molecule has 0 unspecified atom stereocenters. The highest BCUT2D eigenvalue weighted by molar-refractivity contribution is 9.10. The Hall–Kier alpha value is -0.520. The van der Waals surface area contributed by atoms with Crippen LogP contribution in [0.4, 0.5) is 5.69 Å². The van der Waals surface area contributed by atoms with E-state index < -0.39 is 6.04 Å². The van der Waals surface area contributed by atoms with E-state index in [0.29, 0.717) is 6.42 Å². The van der Waals surface area contributed by atoms with Crippen molar-refractivity contribution in [2.45, 2.75) is 19.4 Å². The van der Waals surface area contributed by atoms with Crippen molar-refractivity contribution in [3.05, 3.63) is 28.2 Å². The summed E-state index contributed by atoms with van der Waals surface area (Å²) in [5.74, 6) is 0.776. The van der Waals surface area contributed by atoms with E-state index in [-0.39, 0.29) is 5.91 Å². The maximum Gasteiger partial charge on any atom is 0.241 e. The molecular weight excluding hydrogens is 300 g/mol. The van der Waals surface area contributed by atoms with Gasteiger partial charge in [0.1, 0.15) is 0 Å². The summed E-state index contributed by atoms with van der Waals surface area (Å²) >= 11 is 5.08. The van der Waals surface area contributed by atoms with E-state index in [2.05, 4.69) is 21.2 Å². The topological polar surface area (TPSA) is 55.1 Å². The number of carbonyl (C=O) groups excluding carboxylic acids is 1. The summed E-state index contributed by atoms with van der Waals surface area (Å²) in [4.78, 5) is 11.8. The number of thioether (sulfide) groups is 1. The predicted molar refractivity (Wildman–Crippen MR) is 78.5 cm³/mol. The van der Waals surface area contributed by atoms with E-state index in [4.69, 9.17) is 5.73 Å². The highest BCUT2D eigenvalue weighted by Gasteiger charge is 2.13. The second-order valence-electron chi connectivity index (χ2n) is 3.84. The van der Waals surface area contributed by atoms with Crippen LogP contribution in [0.25, 0.3) is 0 Å². The molecule has 1 atom stereocenters. The number of amides is 1. The molecule has 3 N–H and O–H groups in total. The lowest BCUT2D eigenvalue weighted by molar-refractivity contribution is -0.117. The summed E-state index contributed by atoms with van der Waals surface area (Å²) in [7, 11) is 0. The van der Waals surface area contributed by atoms with Crippen LogP contribution in [0.3, 0.4) is 0 Å². The number of halogens is 1. The molecule has 0 spiro atoms. The lowest BCUT2D eigenvalue weighted by Gasteiger charge is -2.13. The number of nitrogens with two attached hydrogens (primary N) is 1. The van der Waals surface area contributed by atoms with Crippen LogP contribution >= 0.6 is 27.7 Å². The van der Waals surface area contributed by atoms with Gasteiger partial charge in [0, 0.05) is 10.2 Å². The molecule has 0 fully saturated rings. The molecule has 1 aromatic rings. The molecular formula is C12H17BrN2OS. The molecule has 0 saturated heterocycles. The van der Waals surface area contributed by atoms with Crippen LogP contribution in [-0.2, 0) is 4.79 Å². The Morgan fingerprint density at radius 2 is 2.29 bits per heavy atom. The molecule has 0 radical (unpaired) electrons. The highest BCUT2D eigenvalue weighted by atomic mass is 79.9. The fraction of sp³-hybridized carbons (Fsp3) is 0.417. The van der Waals surface area contributed by atoms with Crippen molar-refractivity contribution in [2.24, 2.45) is 5.73 Å². The molecule has 0 aliphatic rings. The van der Waals surface area contributed by atoms with Crippen LogP contribution in [0, 0.1) is 6.92 Å². The second-order valence-corrected chi connectivity index (χ2v) is 5.74. The average Bonchev–Trinajstić information content (AvgIpc) is 2.29. The minimum absolute atomic E-state index is 0.121. The van der Waals surface area contributed by atoms with Gasteiger partial charge in [-0.15, -0.1) is 0 Å². The van der Waals surface area contributed by atoms with E-state index in [9.17, 15) is 4.79 Å². The van der Waals surface area contributed by atoms with Gasteiger partial charge in [-0.3, -0.25) is 4.79 Å². The quantitative estimate of drug-likeness (QED) is 0.878. The Balaban J connectivity index is 2.61. The Morgan fingerprint density at radius 1 is 1.59 bits per heavy atom. The van der Waals surface area contributed by atoms with Gasteiger partial charge in [-0.1, -0.05) is 15.9 Å². The third-order valence-electron chi connectivity index (χ3n) is 2.42. The van der Waals surface area contributed by atoms with Crippen molar-refractivity contribution in [2.75, 3.05) is 17.3 Å². The third-order valence-corrected chi connectivity index (χ3v) is 3.55. The Kier molecular flexibility index (Phi) is 6.02. The molecule has 0 bridgehead atoms. The molecule has 0 heterocycles. The first-order valence-electron chi connectivity index (χ1n) is 5.36. The van der Waals surface area contributed by atoms with Gasteiger partial charge in [-0.05, 0) is 49.1 Å². The molecule has 5 heteroatoms. The SMILES string of the molecule is CSCC[C@@H](N)C(=O)Nc1ccc(Br)cc1C.